The van der Waals surface area contributed by atoms with Crippen LogP contribution in [-0.4, -0.2) is 30.5 Å². The van der Waals surface area contributed by atoms with E-state index in [1.165, 1.54) is 0 Å². The SMILES string of the molecule is CCC1CCCN1C(=O)c1cccc(OC)c1N. The van der Waals surface area contributed by atoms with E-state index in [0.29, 0.717) is 23.0 Å². The van der Waals surface area contributed by atoms with Gasteiger partial charge in [-0.25, -0.2) is 0 Å². The van der Waals surface area contributed by atoms with Crippen molar-refractivity contribution in [3.05, 3.63) is 23.8 Å². The zero-order chi connectivity index (χ0) is 13.1. The first-order chi connectivity index (χ1) is 8.69. The van der Waals surface area contributed by atoms with E-state index in [1.54, 1.807) is 25.3 Å². The van der Waals surface area contributed by atoms with Crippen molar-refractivity contribution < 1.29 is 9.53 Å². The smallest absolute Gasteiger partial charge is 0.256 e. The molecule has 1 aromatic carbocycles. The standard InChI is InChI=1S/C14H20N2O2/c1-3-10-6-5-9-16(10)14(17)11-7-4-8-12(18-2)13(11)15/h4,7-8,10H,3,5-6,9,15H2,1-2H3. The number of methoxy groups -OCH3 is 1. The van der Waals surface area contributed by atoms with Crippen molar-refractivity contribution >= 4 is 11.6 Å². The largest absolute Gasteiger partial charge is 0.495 e. The minimum atomic E-state index is 0.0238. The molecule has 0 saturated carbocycles. The summed E-state index contributed by atoms with van der Waals surface area (Å²) in [6.45, 7) is 2.94. The Morgan fingerprint density at radius 3 is 3.00 bits per heavy atom. The van der Waals surface area contributed by atoms with E-state index in [-0.39, 0.29) is 5.91 Å². The van der Waals surface area contributed by atoms with E-state index in [2.05, 4.69) is 6.92 Å². The normalized spacial score (nSPS) is 19.0. The Bertz CT molecular complexity index is 445. The maximum absolute atomic E-state index is 12.5. The van der Waals surface area contributed by atoms with Crippen LogP contribution in [0.25, 0.3) is 0 Å². The highest BCUT2D eigenvalue weighted by molar-refractivity contribution is 6.00. The molecule has 1 aromatic rings. The van der Waals surface area contributed by atoms with Gasteiger partial charge in [0.15, 0.2) is 0 Å². The van der Waals surface area contributed by atoms with Gasteiger partial charge in [0.1, 0.15) is 5.75 Å². The van der Waals surface area contributed by atoms with Crippen LogP contribution >= 0.6 is 0 Å². The summed E-state index contributed by atoms with van der Waals surface area (Å²) in [6.07, 6.45) is 3.16. The number of benzene rings is 1. The van der Waals surface area contributed by atoms with Crippen molar-refractivity contribution in [3.8, 4) is 5.75 Å². The van der Waals surface area contributed by atoms with Crippen LogP contribution in [-0.2, 0) is 0 Å². The molecule has 4 nitrogen and oxygen atoms in total. The van der Waals surface area contributed by atoms with E-state index in [0.717, 1.165) is 25.8 Å². The minimum Gasteiger partial charge on any atom is -0.495 e. The third-order valence-electron chi connectivity index (χ3n) is 3.63. The second-order valence-electron chi connectivity index (χ2n) is 4.62. The lowest BCUT2D eigenvalue weighted by Gasteiger charge is -2.24. The number of rotatable bonds is 3. The molecule has 0 bridgehead atoms. The Kier molecular flexibility index (Phi) is 3.75. The number of likely N-dealkylation sites (tertiary alicyclic amines) is 1. The van der Waals surface area contributed by atoms with Gasteiger partial charge >= 0.3 is 0 Å². The van der Waals surface area contributed by atoms with E-state index < -0.39 is 0 Å². The quantitative estimate of drug-likeness (QED) is 0.835. The van der Waals surface area contributed by atoms with Crippen LogP contribution < -0.4 is 10.5 Å². The molecule has 18 heavy (non-hydrogen) atoms. The molecule has 0 radical (unpaired) electrons. The number of carbonyl (C=O) groups is 1. The Morgan fingerprint density at radius 2 is 2.33 bits per heavy atom. The summed E-state index contributed by atoms with van der Waals surface area (Å²) in [4.78, 5) is 14.4. The van der Waals surface area contributed by atoms with Gasteiger partial charge in [0, 0.05) is 12.6 Å². The number of nitrogens with zero attached hydrogens (tertiary/aromatic N) is 1. The second kappa shape index (κ2) is 5.29. The van der Waals surface area contributed by atoms with Gasteiger partial charge in [-0.15, -0.1) is 0 Å². The van der Waals surface area contributed by atoms with Gasteiger partial charge in [0.25, 0.3) is 5.91 Å². The first-order valence-corrected chi connectivity index (χ1v) is 6.42. The van der Waals surface area contributed by atoms with Gasteiger partial charge in [-0.2, -0.15) is 0 Å². The fourth-order valence-corrected chi connectivity index (χ4v) is 2.59. The van der Waals surface area contributed by atoms with Crippen molar-refractivity contribution in [1.29, 1.82) is 0 Å². The molecule has 1 aliphatic heterocycles. The highest BCUT2D eigenvalue weighted by atomic mass is 16.5. The molecule has 2 rings (SSSR count). The van der Waals surface area contributed by atoms with Gasteiger partial charge in [0.2, 0.25) is 0 Å². The Balaban J connectivity index is 2.28. The monoisotopic (exact) mass is 248 g/mol. The molecule has 1 unspecified atom stereocenters. The summed E-state index contributed by atoms with van der Waals surface area (Å²) < 4.78 is 5.16. The summed E-state index contributed by atoms with van der Waals surface area (Å²) in [6, 6.07) is 5.70. The molecular formula is C14H20N2O2. The average Bonchev–Trinajstić information content (AvgIpc) is 2.86. The van der Waals surface area contributed by atoms with Crippen molar-refractivity contribution in [2.24, 2.45) is 0 Å². The second-order valence-corrected chi connectivity index (χ2v) is 4.62. The topological polar surface area (TPSA) is 55.6 Å². The molecule has 1 fully saturated rings. The Morgan fingerprint density at radius 1 is 1.56 bits per heavy atom. The average molecular weight is 248 g/mol. The lowest BCUT2D eigenvalue weighted by molar-refractivity contribution is 0.0734. The summed E-state index contributed by atoms with van der Waals surface area (Å²) in [5, 5.41) is 0. The van der Waals surface area contributed by atoms with Crippen molar-refractivity contribution in [2.45, 2.75) is 32.2 Å². The number of anilines is 1. The van der Waals surface area contributed by atoms with Crippen LogP contribution in [0.4, 0.5) is 5.69 Å². The van der Waals surface area contributed by atoms with Crippen LogP contribution in [0.5, 0.6) is 5.75 Å². The fourth-order valence-electron chi connectivity index (χ4n) is 2.59. The molecule has 1 aliphatic rings. The maximum Gasteiger partial charge on any atom is 0.256 e. The Hall–Kier alpha value is -1.71. The number of ether oxygens (including phenoxy) is 1. The molecule has 0 aliphatic carbocycles. The summed E-state index contributed by atoms with van der Waals surface area (Å²) in [7, 11) is 1.56. The number of hydrogen-bond donors (Lipinski definition) is 1. The molecule has 0 aromatic heterocycles. The predicted molar refractivity (Wildman–Crippen MR) is 71.8 cm³/mol. The van der Waals surface area contributed by atoms with Gasteiger partial charge in [0.05, 0.1) is 18.4 Å². The van der Waals surface area contributed by atoms with Gasteiger partial charge in [-0.05, 0) is 31.4 Å². The van der Waals surface area contributed by atoms with E-state index in [1.807, 2.05) is 4.90 Å². The number of hydrogen-bond acceptors (Lipinski definition) is 3. The van der Waals surface area contributed by atoms with Crippen LogP contribution in [0.2, 0.25) is 0 Å². The van der Waals surface area contributed by atoms with E-state index in [4.69, 9.17) is 10.5 Å². The highest BCUT2D eigenvalue weighted by Crippen LogP contribution is 2.29. The van der Waals surface area contributed by atoms with Crippen LogP contribution in [0.3, 0.4) is 0 Å². The summed E-state index contributed by atoms with van der Waals surface area (Å²) in [5.41, 5.74) is 6.96. The molecule has 1 saturated heterocycles. The molecule has 1 atom stereocenters. The number of nitrogen functional groups attached to an aromatic ring is 1. The molecule has 0 spiro atoms. The zero-order valence-electron chi connectivity index (χ0n) is 11.0. The number of amides is 1. The number of para-hydroxylation sites is 1. The van der Waals surface area contributed by atoms with Gasteiger partial charge < -0.3 is 15.4 Å². The van der Waals surface area contributed by atoms with E-state index >= 15 is 0 Å². The highest BCUT2D eigenvalue weighted by Gasteiger charge is 2.29. The van der Waals surface area contributed by atoms with Gasteiger partial charge in [-0.3, -0.25) is 4.79 Å². The predicted octanol–water partition coefficient (Wildman–Crippen LogP) is 2.29. The van der Waals surface area contributed by atoms with E-state index in [9.17, 15) is 4.79 Å². The van der Waals surface area contributed by atoms with Gasteiger partial charge in [-0.1, -0.05) is 13.0 Å². The van der Waals surface area contributed by atoms with Crippen molar-refractivity contribution in [1.82, 2.24) is 4.90 Å². The van der Waals surface area contributed by atoms with Crippen molar-refractivity contribution in [3.63, 3.8) is 0 Å². The summed E-state index contributed by atoms with van der Waals surface area (Å²) >= 11 is 0. The fraction of sp³-hybridized carbons (Fsp3) is 0.500. The van der Waals surface area contributed by atoms with Crippen LogP contribution in [0.15, 0.2) is 18.2 Å². The lowest BCUT2D eigenvalue weighted by atomic mass is 10.1. The first-order valence-electron chi connectivity index (χ1n) is 6.42. The first kappa shape index (κ1) is 12.7. The maximum atomic E-state index is 12.5. The zero-order valence-corrected chi connectivity index (χ0v) is 11.0. The minimum absolute atomic E-state index is 0.0238. The molecule has 98 valence electrons. The third-order valence-corrected chi connectivity index (χ3v) is 3.63. The third kappa shape index (κ3) is 2.15. The molecule has 1 heterocycles. The molecule has 4 heteroatoms. The van der Waals surface area contributed by atoms with Crippen LogP contribution in [0, 0.1) is 0 Å². The summed E-state index contributed by atoms with van der Waals surface area (Å²) in [5.74, 6) is 0.587. The molecular weight excluding hydrogens is 228 g/mol. The lowest BCUT2D eigenvalue weighted by Crippen LogP contribution is -2.35. The van der Waals surface area contributed by atoms with Crippen molar-refractivity contribution in [2.75, 3.05) is 19.4 Å². The van der Waals surface area contributed by atoms with Crippen LogP contribution in [0.1, 0.15) is 36.5 Å². The Labute approximate surface area is 108 Å². The molecule has 1 amide bonds. The number of nitrogens with two attached hydrogens (primary N) is 1. The number of carbonyl (C=O) groups excluding carboxylic acids is 1. The molecule has 2 N–H and O–H groups in total.